The van der Waals surface area contributed by atoms with Crippen LogP contribution < -0.4 is 18.9 Å². The summed E-state index contributed by atoms with van der Waals surface area (Å²) in [5.74, 6) is 2.56. The summed E-state index contributed by atoms with van der Waals surface area (Å²) in [6, 6.07) is 49.5. The van der Waals surface area contributed by atoms with E-state index in [0.717, 1.165) is 33.2 Å². The smallest absolute Gasteiger partial charge is 0.268 e. The van der Waals surface area contributed by atoms with Crippen molar-refractivity contribution in [2.45, 2.75) is 26.2 Å². The zero-order valence-corrected chi connectivity index (χ0v) is 41.2. The van der Waals surface area contributed by atoms with E-state index < -0.39 is 60.4 Å². The van der Waals surface area contributed by atoms with Gasteiger partial charge in [0.25, 0.3) is 6.33 Å². The van der Waals surface area contributed by atoms with Gasteiger partial charge in [0.15, 0.2) is 17.2 Å². The number of benzene rings is 9. The Morgan fingerprint density at radius 1 is 0.569 bits per heavy atom. The molecule has 13 rings (SSSR count). The van der Waals surface area contributed by atoms with E-state index >= 15 is 0 Å². The van der Waals surface area contributed by atoms with Crippen LogP contribution in [0.1, 0.15) is 40.0 Å². The fourth-order valence-electron chi connectivity index (χ4n) is 9.41. The normalized spacial score (nSPS) is 14.1. The Morgan fingerprint density at radius 3 is 1.92 bits per heavy atom. The number of hydrogen-bond donors (Lipinski definition) is 0. The minimum absolute atomic E-state index is 0. The van der Waals surface area contributed by atoms with E-state index in [2.05, 4.69) is 68.1 Å². The molecule has 9 aromatic carbocycles. The maximum absolute atomic E-state index is 9.18. The summed E-state index contributed by atoms with van der Waals surface area (Å²) in [6.07, 6.45) is 5.35. The molecule has 0 N–H and O–H groups in total. The van der Waals surface area contributed by atoms with Crippen molar-refractivity contribution in [3.63, 3.8) is 0 Å². The van der Waals surface area contributed by atoms with E-state index in [-0.39, 0.29) is 54.4 Å². The average molecular weight is 1120 g/mol. The van der Waals surface area contributed by atoms with Crippen molar-refractivity contribution < 1.29 is 48.8 Å². The summed E-state index contributed by atoms with van der Waals surface area (Å²) >= 11 is 0. The van der Waals surface area contributed by atoms with Gasteiger partial charge in [-0.15, -0.1) is 29.7 Å². The first kappa shape index (κ1) is 34.7. The summed E-state index contributed by atoms with van der Waals surface area (Å²) in [5, 5.41) is 1.98. The molecule has 0 atom stereocenters. The van der Waals surface area contributed by atoms with Crippen molar-refractivity contribution in [1.29, 1.82) is 0 Å². The second-order valence-electron chi connectivity index (χ2n) is 18.1. The second-order valence-corrected chi connectivity index (χ2v) is 18.1. The van der Waals surface area contributed by atoms with Crippen LogP contribution in [0, 0.1) is 18.5 Å². The first-order chi connectivity index (χ1) is 39.0. The van der Waals surface area contributed by atoms with Crippen LogP contribution in [0.15, 0.2) is 218 Å². The molecule has 1 aliphatic heterocycles. The quantitative estimate of drug-likeness (QED) is 0.123. The van der Waals surface area contributed by atoms with Crippen LogP contribution >= 0.6 is 0 Å². The van der Waals surface area contributed by atoms with E-state index in [1.807, 2.05) is 120 Å². The van der Waals surface area contributed by atoms with E-state index in [0.29, 0.717) is 56.8 Å². The Bertz CT molecular complexity index is 4490. The fourth-order valence-corrected chi connectivity index (χ4v) is 9.41. The number of ether oxygens (including phenoxy) is 2. The van der Waals surface area contributed by atoms with E-state index in [1.165, 1.54) is 0 Å². The van der Waals surface area contributed by atoms with Crippen molar-refractivity contribution in [3.05, 3.63) is 242 Å². The van der Waals surface area contributed by atoms with Gasteiger partial charge in [-0.25, -0.2) is 4.98 Å². The number of pyridine rings is 1. The third-order valence-corrected chi connectivity index (χ3v) is 12.7. The molecule has 1 aliphatic rings. The predicted octanol–water partition coefficient (Wildman–Crippen LogP) is 15.8. The number of rotatable bonds is 6. The number of imidazole rings is 1. The Balaban J connectivity index is 0.00000665. The fraction of sp³-hybridized carbons (Fsp3) is 0.0625. The van der Waals surface area contributed by atoms with Gasteiger partial charge in [0.2, 0.25) is 0 Å². The van der Waals surface area contributed by atoms with Crippen LogP contribution in [0.3, 0.4) is 0 Å². The molecule has 3 aromatic heterocycles. The third kappa shape index (κ3) is 7.65. The van der Waals surface area contributed by atoms with Crippen LogP contribution in [0.5, 0.6) is 23.0 Å². The molecule has 8 heteroatoms. The van der Waals surface area contributed by atoms with Gasteiger partial charge in [0.1, 0.15) is 5.82 Å². The summed E-state index contributed by atoms with van der Waals surface area (Å²) in [5.41, 5.74) is 5.95. The minimum Gasteiger partial charge on any atom is -0.511 e. The molecule has 72 heavy (non-hydrogen) atoms. The summed E-state index contributed by atoms with van der Waals surface area (Å²) in [7, 11) is 0. The molecule has 350 valence electrons. The van der Waals surface area contributed by atoms with Crippen LogP contribution in [-0.4, -0.2) is 14.1 Å². The molecular weight excluding hydrogens is 1070 g/mol. The van der Waals surface area contributed by atoms with E-state index in [9.17, 15) is 5.48 Å². The van der Waals surface area contributed by atoms with Gasteiger partial charge in [0.05, 0.1) is 36.1 Å². The van der Waals surface area contributed by atoms with Crippen molar-refractivity contribution in [2.75, 3.05) is 4.90 Å². The van der Waals surface area contributed by atoms with E-state index in [1.54, 1.807) is 27.3 Å². The van der Waals surface area contributed by atoms with E-state index in [4.69, 9.17) is 22.7 Å². The number of anilines is 3. The van der Waals surface area contributed by atoms with Crippen LogP contribution in [0.2, 0.25) is 0 Å². The molecule has 0 unspecified atom stereocenters. The molecule has 4 heterocycles. The number of hydrogen-bond acceptors (Lipinski definition) is 4. The van der Waals surface area contributed by atoms with Crippen LogP contribution in [0.25, 0.3) is 72.3 Å². The summed E-state index contributed by atoms with van der Waals surface area (Å²) < 4.78 is 108. The van der Waals surface area contributed by atoms with Crippen molar-refractivity contribution in [3.8, 4) is 62.4 Å². The minimum atomic E-state index is -0.587. The Labute approximate surface area is 446 Å². The molecule has 12 aromatic rings. The van der Waals surface area contributed by atoms with Gasteiger partial charge in [-0.05, 0) is 92.5 Å². The zero-order valence-electron chi connectivity index (χ0n) is 48.9. The largest absolute Gasteiger partial charge is 0.511 e. The Morgan fingerprint density at radius 2 is 1.19 bits per heavy atom. The first-order valence-electron chi connectivity index (χ1n) is 28.1. The molecule has 0 aliphatic carbocycles. The molecule has 0 amide bonds. The molecule has 0 bridgehead atoms. The molecule has 0 fully saturated rings. The molecule has 0 saturated heterocycles. The molecule has 0 radical (unpaired) electrons. The average Bonchev–Trinajstić information content (AvgIpc) is 4.18. The van der Waals surface area contributed by atoms with Gasteiger partial charge in [0, 0.05) is 38.5 Å². The van der Waals surface area contributed by atoms with Gasteiger partial charge < -0.3 is 23.5 Å². The molecule has 0 spiro atoms. The van der Waals surface area contributed by atoms with Gasteiger partial charge in [-0.2, -0.15) is 12.1 Å². The van der Waals surface area contributed by atoms with Gasteiger partial charge in [-0.1, -0.05) is 177 Å². The Kier molecular flexibility index (Phi) is 8.69. The zero-order chi connectivity index (χ0) is 56.3. The maximum atomic E-state index is 9.18. The van der Waals surface area contributed by atoms with Crippen molar-refractivity contribution in [2.24, 2.45) is 0 Å². The molecular formula is C64H45N5O2Pt-2. The standard InChI is InChI=1S/C64H45N5O2.Pt/c1-64(2,3)45-37-38-65-62(39-45)69-52-26-11-10-23-50(52)51-35-33-47(41-56(51)69)68-55-29-14-15-30-58(55)70-60-31-16-17-32-61(60)71-59-36-34-46(40-57(59)68)66-42-67(54-28-13-12-27-53(54)66)63-48(43-19-6-4-7-20-43)24-18-25-49(63)44-21-8-5-9-22-44;/h4-39H,1-3H3;/q-2;/i4D,5D,6D,7D,8D,9D,19D,20D,21D,22D;. The van der Waals surface area contributed by atoms with Crippen molar-refractivity contribution in [1.82, 2.24) is 14.1 Å². The second kappa shape index (κ2) is 18.0. The third-order valence-electron chi connectivity index (χ3n) is 12.7. The number of para-hydroxylation sites is 8. The predicted molar refractivity (Wildman–Crippen MR) is 284 cm³/mol. The van der Waals surface area contributed by atoms with Gasteiger partial charge in [-0.3, -0.25) is 4.57 Å². The monoisotopic (exact) mass is 1120 g/mol. The van der Waals surface area contributed by atoms with Crippen LogP contribution in [-0.2, 0) is 26.5 Å². The number of fused-ring (bicyclic) bond motifs is 7. The topological polar surface area (TPSA) is 48.3 Å². The maximum Gasteiger partial charge on any atom is 0.268 e. The Hall–Kier alpha value is -8.51. The number of aromatic nitrogens is 4. The first-order valence-corrected chi connectivity index (χ1v) is 23.1. The summed E-state index contributed by atoms with van der Waals surface area (Å²) in [6.45, 7) is 6.52. The summed E-state index contributed by atoms with van der Waals surface area (Å²) in [4.78, 5) is 6.93. The van der Waals surface area contributed by atoms with Crippen molar-refractivity contribution >= 4 is 49.9 Å². The molecule has 7 nitrogen and oxygen atoms in total. The SMILES string of the molecule is [2H]c1c([2H])c([2H])c(-c2cccc(-c3c([2H])c([2H])c([2H])c([2H])c3[2H])c2-[n+]2[c-]n(-c3[c-]c4c(cc3)Oc3ccccc3Oc3ccccc3N4c3[c-]c4c(cc3)c3ccccc3n4-c3cc(C(C)(C)C)ccn3)c3ccccc32)c([2H])c1[2H].[Pt]. The van der Waals surface area contributed by atoms with Gasteiger partial charge >= 0.3 is 0 Å². The number of nitrogens with zero attached hydrogens (tertiary/aromatic N) is 5. The molecule has 0 saturated carbocycles. The van der Waals surface area contributed by atoms with Crippen LogP contribution in [0.4, 0.5) is 17.1 Å².